The lowest BCUT2D eigenvalue weighted by Gasteiger charge is -2.16. The predicted octanol–water partition coefficient (Wildman–Crippen LogP) is 3.57. The van der Waals surface area contributed by atoms with Crippen molar-refractivity contribution < 1.29 is 18.3 Å². The third-order valence-electron chi connectivity index (χ3n) is 2.67. The first-order chi connectivity index (χ1) is 9.69. The predicted molar refractivity (Wildman–Crippen MR) is 82.7 cm³/mol. The fourth-order valence-electron chi connectivity index (χ4n) is 1.67. The first-order valence-corrected chi connectivity index (χ1v) is 8.70. The highest BCUT2D eigenvalue weighted by molar-refractivity contribution is 7.89. The molecule has 0 radical (unpaired) electrons. The van der Waals surface area contributed by atoms with Crippen molar-refractivity contribution in [2.75, 3.05) is 0 Å². The van der Waals surface area contributed by atoms with Gasteiger partial charge in [-0.25, -0.2) is 8.42 Å². The highest BCUT2D eigenvalue weighted by Gasteiger charge is 2.28. The van der Waals surface area contributed by atoms with Gasteiger partial charge in [-0.1, -0.05) is 54.6 Å². The summed E-state index contributed by atoms with van der Waals surface area (Å²) >= 11 is 17.4. The number of halogens is 3. The van der Waals surface area contributed by atoms with Gasteiger partial charge in [-0.3, -0.25) is 4.79 Å². The van der Waals surface area contributed by atoms with Crippen LogP contribution in [0.5, 0.6) is 0 Å². The Morgan fingerprint density at radius 3 is 2.24 bits per heavy atom. The number of nitrogens with one attached hydrogen (secondary N) is 1. The molecule has 0 spiro atoms. The lowest BCUT2D eigenvalue weighted by Crippen LogP contribution is -2.40. The largest absolute Gasteiger partial charge is 0.480 e. The monoisotopic (exact) mass is 373 g/mol. The van der Waals surface area contributed by atoms with Crippen LogP contribution in [0.4, 0.5) is 0 Å². The van der Waals surface area contributed by atoms with Gasteiger partial charge in [-0.15, -0.1) is 0 Å². The summed E-state index contributed by atoms with van der Waals surface area (Å²) in [5.41, 5.74) is 0. The first-order valence-electron chi connectivity index (χ1n) is 6.08. The van der Waals surface area contributed by atoms with E-state index >= 15 is 0 Å². The number of sulfonamides is 1. The number of rotatable bonds is 7. The highest BCUT2D eigenvalue weighted by atomic mass is 35.5. The number of hydrogen-bond acceptors (Lipinski definition) is 3. The molecule has 0 unspecified atom stereocenters. The van der Waals surface area contributed by atoms with Gasteiger partial charge in [0.05, 0.1) is 10.0 Å². The Balaban J connectivity index is 3.14. The van der Waals surface area contributed by atoms with Crippen molar-refractivity contribution in [2.24, 2.45) is 0 Å². The van der Waals surface area contributed by atoms with Gasteiger partial charge in [-0.05, 0) is 18.6 Å². The van der Waals surface area contributed by atoms with E-state index in [9.17, 15) is 13.2 Å². The molecule has 0 fully saturated rings. The number of aliphatic carboxylic acids is 1. The second kappa shape index (κ2) is 7.65. The van der Waals surface area contributed by atoms with Gasteiger partial charge >= 0.3 is 5.97 Å². The van der Waals surface area contributed by atoms with E-state index in [4.69, 9.17) is 39.9 Å². The molecule has 0 aliphatic rings. The molecule has 0 aliphatic heterocycles. The van der Waals surface area contributed by atoms with Crippen LogP contribution in [0, 0.1) is 0 Å². The maximum Gasteiger partial charge on any atom is 0.321 e. The van der Waals surface area contributed by atoms with Crippen molar-refractivity contribution in [3.8, 4) is 0 Å². The minimum absolute atomic E-state index is 0.167. The molecule has 21 heavy (non-hydrogen) atoms. The van der Waals surface area contributed by atoms with E-state index in [0.717, 1.165) is 6.42 Å². The Morgan fingerprint density at radius 2 is 1.81 bits per heavy atom. The Hall–Kier alpha value is -0.530. The van der Waals surface area contributed by atoms with Crippen LogP contribution < -0.4 is 4.72 Å². The molecule has 1 atom stereocenters. The second-order valence-electron chi connectivity index (χ2n) is 4.35. The third kappa shape index (κ3) is 5.00. The van der Waals surface area contributed by atoms with Crippen molar-refractivity contribution in [2.45, 2.75) is 37.1 Å². The van der Waals surface area contributed by atoms with Crippen LogP contribution in [0.3, 0.4) is 0 Å². The van der Waals surface area contributed by atoms with E-state index < -0.39 is 22.0 Å². The Labute approximate surface area is 138 Å². The van der Waals surface area contributed by atoms with Gasteiger partial charge in [0.2, 0.25) is 10.0 Å². The molecule has 0 aliphatic carbocycles. The zero-order chi connectivity index (χ0) is 16.2. The molecule has 1 aromatic rings. The van der Waals surface area contributed by atoms with Crippen molar-refractivity contribution in [1.82, 2.24) is 4.72 Å². The van der Waals surface area contributed by atoms with Crippen molar-refractivity contribution in [3.05, 3.63) is 27.2 Å². The SMILES string of the molecule is CCCC[C@H](NS(=O)(=O)c1c(Cl)cc(Cl)cc1Cl)C(=O)O. The van der Waals surface area contributed by atoms with Crippen LogP contribution in [0.15, 0.2) is 17.0 Å². The molecule has 0 saturated heterocycles. The summed E-state index contributed by atoms with van der Waals surface area (Å²) in [7, 11) is -4.17. The number of carboxylic acids is 1. The number of carbonyl (C=O) groups is 1. The molecule has 2 N–H and O–H groups in total. The summed E-state index contributed by atoms with van der Waals surface area (Å²) in [6.45, 7) is 1.88. The van der Waals surface area contributed by atoms with Gasteiger partial charge in [0.25, 0.3) is 0 Å². The topological polar surface area (TPSA) is 83.5 Å². The zero-order valence-electron chi connectivity index (χ0n) is 11.1. The smallest absolute Gasteiger partial charge is 0.321 e. The molecule has 0 aromatic heterocycles. The summed E-state index contributed by atoms with van der Waals surface area (Å²) in [4.78, 5) is 10.7. The molecule has 0 bridgehead atoms. The number of carboxylic acid groups (broad SMARTS) is 1. The van der Waals surface area contributed by atoms with E-state index in [0.29, 0.717) is 6.42 Å². The molecular formula is C12H14Cl3NO4S. The molecule has 0 heterocycles. The molecule has 5 nitrogen and oxygen atoms in total. The van der Waals surface area contributed by atoms with Gasteiger partial charge < -0.3 is 5.11 Å². The molecule has 1 aromatic carbocycles. The molecular weight excluding hydrogens is 361 g/mol. The number of unbranched alkanes of at least 4 members (excludes halogenated alkanes) is 1. The Kier molecular flexibility index (Phi) is 6.74. The summed E-state index contributed by atoms with van der Waals surface area (Å²) in [6.07, 6.45) is 1.49. The molecule has 1 rings (SSSR count). The first kappa shape index (κ1) is 18.5. The maximum atomic E-state index is 12.3. The summed E-state index contributed by atoms with van der Waals surface area (Å²) < 4.78 is 26.7. The zero-order valence-corrected chi connectivity index (χ0v) is 14.2. The molecule has 118 valence electrons. The third-order valence-corrected chi connectivity index (χ3v) is 5.28. The summed E-state index contributed by atoms with van der Waals surface area (Å²) in [6, 6.07) is 1.22. The van der Waals surface area contributed by atoms with Crippen LogP contribution >= 0.6 is 34.8 Å². The van der Waals surface area contributed by atoms with Gasteiger partial charge in [0.1, 0.15) is 10.9 Å². The van der Waals surface area contributed by atoms with E-state index in [1.54, 1.807) is 0 Å². The minimum atomic E-state index is -4.17. The normalized spacial score (nSPS) is 13.1. The van der Waals surface area contributed by atoms with E-state index in [-0.39, 0.29) is 26.4 Å². The van der Waals surface area contributed by atoms with E-state index in [1.807, 2.05) is 6.92 Å². The fourth-order valence-corrected chi connectivity index (χ4v) is 4.44. The van der Waals surface area contributed by atoms with Crippen molar-refractivity contribution in [1.29, 1.82) is 0 Å². The summed E-state index contributed by atoms with van der Waals surface area (Å²) in [5.74, 6) is -1.26. The van der Waals surface area contributed by atoms with Crippen molar-refractivity contribution >= 4 is 50.8 Å². The highest BCUT2D eigenvalue weighted by Crippen LogP contribution is 2.32. The van der Waals surface area contributed by atoms with Gasteiger partial charge in [0, 0.05) is 5.02 Å². The van der Waals surface area contributed by atoms with Gasteiger partial charge in [-0.2, -0.15) is 4.72 Å². The van der Waals surface area contributed by atoms with E-state index in [2.05, 4.69) is 4.72 Å². The van der Waals surface area contributed by atoms with Crippen LogP contribution in [-0.2, 0) is 14.8 Å². The van der Waals surface area contributed by atoms with Crippen LogP contribution in [0.1, 0.15) is 26.2 Å². The number of benzene rings is 1. The molecule has 0 saturated carbocycles. The van der Waals surface area contributed by atoms with Crippen LogP contribution in [0.2, 0.25) is 15.1 Å². The minimum Gasteiger partial charge on any atom is -0.480 e. The lowest BCUT2D eigenvalue weighted by atomic mass is 10.1. The number of hydrogen-bond donors (Lipinski definition) is 2. The maximum absolute atomic E-state index is 12.3. The van der Waals surface area contributed by atoms with Crippen LogP contribution in [-0.4, -0.2) is 25.5 Å². The van der Waals surface area contributed by atoms with Crippen molar-refractivity contribution in [3.63, 3.8) is 0 Å². The lowest BCUT2D eigenvalue weighted by molar-refractivity contribution is -0.139. The fraction of sp³-hybridized carbons (Fsp3) is 0.417. The second-order valence-corrected chi connectivity index (χ2v) is 7.25. The Morgan fingerprint density at radius 1 is 1.29 bits per heavy atom. The average molecular weight is 375 g/mol. The van der Waals surface area contributed by atoms with Crippen LogP contribution in [0.25, 0.3) is 0 Å². The standard InChI is InChI=1S/C12H14Cl3NO4S/c1-2-3-4-10(12(17)18)16-21(19,20)11-8(14)5-7(13)6-9(11)15/h5-6,10,16H,2-4H2,1H3,(H,17,18)/t10-/m0/s1. The van der Waals surface area contributed by atoms with E-state index in [1.165, 1.54) is 12.1 Å². The molecule has 9 heteroatoms. The quantitative estimate of drug-likeness (QED) is 0.764. The summed E-state index contributed by atoms with van der Waals surface area (Å²) in [5, 5.41) is 8.93. The average Bonchev–Trinajstić information content (AvgIpc) is 2.32. The Bertz CT molecular complexity index is 610. The van der Waals surface area contributed by atoms with Gasteiger partial charge in [0.15, 0.2) is 0 Å². The molecule has 0 amide bonds.